The highest BCUT2D eigenvalue weighted by Gasteiger charge is 2.19. The first-order chi connectivity index (χ1) is 16.5. The predicted molar refractivity (Wildman–Crippen MR) is 131 cm³/mol. The summed E-state index contributed by atoms with van der Waals surface area (Å²) >= 11 is 2.84. The van der Waals surface area contributed by atoms with E-state index in [9.17, 15) is 4.79 Å². The summed E-state index contributed by atoms with van der Waals surface area (Å²) in [7, 11) is 0. The molecule has 1 aliphatic rings. The third kappa shape index (κ3) is 3.74. The van der Waals surface area contributed by atoms with E-state index in [-0.39, 0.29) is 12.4 Å². The fraction of sp³-hybridized carbons (Fsp3) is 0.167. The maximum atomic E-state index is 13.0. The van der Waals surface area contributed by atoms with Gasteiger partial charge in [0.25, 0.3) is 10.8 Å². The molecule has 0 unspecified atom stereocenters. The van der Waals surface area contributed by atoms with Crippen LogP contribution in [0.4, 0.5) is 0 Å². The van der Waals surface area contributed by atoms with Gasteiger partial charge in [0.2, 0.25) is 12.7 Å². The van der Waals surface area contributed by atoms with E-state index >= 15 is 0 Å². The van der Waals surface area contributed by atoms with Gasteiger partial charge in [0, 0.05) is 16.0 Å². The minimum absolute atomic E-state index is 0.146. The van der Waals surface area contributed by atoms with Crippen LogP contribution in [-0.2, 0) is 5.75 Å². The van der Waals surface area contributed by atoms with Crippen LogP contribution in [0.15, 0.2) is 56.9 Å². The van der Waals surface area contributed by atoms with Crippen LogP contribution in [0.1, 0.15) is 16.3 Å². The fourth-order valence-corrected chi connectivity index (χ4v) is 5.54. The zero-order valence-electron chi connectivity index (χ0n) is 18.2. The van der Waals surface area contributed by atoms with Gasteiger partial charge in [-0.15, -0.1) is 21.5 Å². The normalized spacial score (nSPS) is 12.5. The number of rotatable bonds is 5. The predicted octanol–water partition coefficient (Wildman–Crippen LogP) is 5.34. The molecule has 34 heavy (non-hydrogen) atoms. The van der Waals surface area contributed by atoms with Gasteiger partial charge < -0.3 is 18.9 Å². The van der Waals surface area contributed by atoms with E-state index in [1.54, 1.807) is 0 Å². The number of nitrogens with one attached hydrogen (secondary N) is 1. The largest absolute Gasteiger partial charge is 0.454 e. The van der Waals surface area contributed by atoms with E-state index in [4.69, 9.17) is 18.9 Å². The lowest BCUT2D eigenvalue weighted by Crippen LogP contribution is -2.10. The minimum atomic E-state index is -0.146. The van der Waals surface area contributed by atoms with Gasteiger partial charge in [-0.05, 0) is 37.6 Å². The van der Waals surface area contributed by atoms with Crippen molar-refractivity contribution in [3.63, 3.8) is 0 Å². The Morgan fingerprint density at radius 3 is 2.68 bits per heavy atom. The van der Waals surface area contributed by atoms with Crippen LogP contribution in [0.5, 0.6) is 11.5 Å². The summed E-state index contributed by atoms with van der Waals surface area (Å²) in [6.45, 7) is 4.27. The Morgan fingerprint density at radius 2 is 1.82 bits per heavy atom. The standard InChI is InChI=1S/C24H18N4O4S2/c1-12-3-5-14(6-4-12)19-13(2)34-23-20(19)21(29)25-18(26-23)10-33-24-28-27-22(32-24)15-7-8-16-17(9-15)31-11-30-16/h3-9H,10-11H2,1-2H3,(H,25,26,29). The van der Waals surface area contributed by atoms with Gasteiger partial charge in [0.15, 0.2) is 11.5 Å². The number of aryl methyl sites for hydroxylation is 2. The third-order valence-electron chi connectivity index (χ3n) is 5.49. The summed E-state index contributed by atoms with van der Waals surface area (Å²) in [6, 6.07) is 13.6. The third-order valence-corrected chi connectivity index (χ3v) is 7.31. The van der Waals surface area contributed by atoms with Crippen molar-refractivity contribution in [1.29, 1.82) is 0 Å². The number of ether oxygens (including phenoxy) is 2. The van der Waals surface area contributed by atoms with Crippen molar-refractivity contribution in [2.45, 2.75) is 24.8 Å². The molecule has 3 aromatic heterocycles. The molecule has 4 heterocycles. The lowest BCUT2D eigenvalue weighted by atomic mass is 10.0. The van der Waals surface area contributed by atoms with Gasteiger partial charge in [-0.3, -0.25) is 4.79 Å². The van der Waals surface area contributed by atoms with Crippen molar-refractivity contribution < 1.29 is 13.9 Å². The first kappa shape index (κ1) is 20.9. The first-order valence-corrected chi connectivity index (χ1v) is 12.3. The maximum absolute atomic E-state index is 13.0. The molecule has 0 spiro atoms. The molecule has 2 aromatic carbocycles. The number of nitrogens with zero attached hydrogens (tertiary/aromatic N) is 3. The van der Waals surface area contributed by atoms with Crippen LogP contribution in [0, 0.1) is 13.8 Å². The van der Waals surface area contributed by atoms with Crippen LogP contribution < -0.4 is 15.0 Å². The summed E-state index contributed by atoms with van der Waals surface area (Å²) < 4.78 is 16.5. The molecule has 8 nitrogen and oxygen atoms in total. The van der Waals surface area contributed by atoms with Crippen LogP contribution in [0.2, 0.25) is 0 Å². The molecule has 0 saturated heterocycles. The Hall–Kier alpha value is -3.63. The molecule has 6 rings (SSSR count). The second-order valence-electron chi connectivity index (χ2n) is 7.82. The molecule has 1 aliphatic heterocycles. The molecule has 0 atom stereocenters. The first-order valence-electron chi connectivity index (χ1n) is 10.5. The summed E-state index contributed by atoms with van der Waals surface area (Å²) in [5, 5.41) is 9.25. The molecule has 0 saturated carbocycles. The van der Waals surface area contributed by atoms with Gasteiger partial charge >= 0.3 is 0 Å². The van der Waals surface area contributed by atoms with E-state index in [2.05, 4.69) is 15.2 Å². The number of fused-ring (bicyclic) bond motifs is 2. The highest BCUT2D eigenvalue weighted by atomic mass is 32.2. The maximum Gasteiger partial charge on any atom is 0.277 e. The van der Waals surface area contributed by atoms with Crippen molar-refractivity contribution in [1.82, 2.24) is 20.2 Å². The minimum Gasteiger partial charge on any atom is -0.454 e. The molecule has 0 fully saturated rings. The van der Waals surface area contributed by atoms with Crippen LogP contribution in [-0.4, -0.2) is 27.0 Å². The molecule has 0 bridgehead atoms. The van der Waals surface area contributed by atoms with Crippen molar-refractivity contribution >= 4 is 33.3 Å². The van der Waals surface area contributed by atoms with Crippen molar-refractivity contribution in [3.05, 3.63) is 69.1 Å². The van der Waals surface area contributed by atoms with Gasteiger partial charge in [-0.25, -0.2) is 4.98 Å². The SMILES string of the molecule is Cc1ccc(-c2c(C)sc3nc(CSc4nnc(-c5ccc6c(c5)OCO6)o4)[nH]c(=O)c23)cc1. The Morgan fingerprint density at radius 1 is 1.03 bits per heavy atom. The van der Waals surface area contributed by atoms with Gasteiger partial charge in [0.1, 0.15) is 10.7 Å². The average molecular weight is 491 g/mol. The molecule has 0 radical (unpaired) electrons. The number of H-pyrrole nitrogens is 1. The summed E-state index contributed by atoms with van der Waals surface area (Å²) in [5.41, 5.74) is 3.74. The molecule has 170 valence electrons. The monoisotopic (exact) mass is 490 g/mol. The number of hydrogen-bond acceptors (Lipinski definition) is 9. The van der Waals surface area contributed by atoms with E-state index in [0.717, 1.165) is 26.4 Å². The van der Waals surface area contributed by atoms with Crippen LogP contribution in [0.3, 0.4) is 0 Å². The fourth-order valence-electron chi connectivity index (χ4n) is 3.84. The Bertz CT molecular complexity index is 1590. The molecule has 0 amide bonds. The second-order valence-corrected chi connectivity index (χ2v) is 9.95. The summed E-state index contributed by atoms with van der Waals surface area (Å²) in [4.78, 5) is 22.4. The highest BCUT2D eigenvalue weighted by molar-refractivity contribution is 7.98. The number of aromatic nitrogens is 4. The smallest absolute Gasteiger partial charge is 0.277 e. The molecular weight excluding hydrogens is 472 g/mol. The zero-order chi connectivity index (χ0) is 23.2. The zero-order valence-corrected chi connectivity index (χ0v) is 19.9. The molecule has 0 aliphatic carbocycles. The molecule has 10 heteroatoms. The number of thiophene rings is 1. The number of hydrogen-bond donors (Lipinski definition) is 1. The van der Waals surface area contributed by atoms with E-state index < -0.39 is 0 Å². The Balaban J connectivity index is 1.24. The molecular formula is C24H18N4O4S2. The topological polar surface area (TPSA) is 103 Å². The van der Waals surface area contributed by atoms with E-state index in [0.29, 0.717) is 39.6 Å². The number of benzene rings is 2. The highest BCUT2D eigenvalue weighted by Crippen LogP contribution is 2.37. The summed E-state index contributed by atoms with van der Waals surface area (Å²) in [6.07, 6.45) is 0. The van der Waals surface area contributed by atoms with E-state index in [1.165, 1.54) is 28.7 Å². The lowest BCUT2D eigenvalue weighted by Gasteiger charge is -2.03. The van der Waals surface area contributed by atoms with E-state index in [1.807, 2.05) is 56.3 Å². The number of thioether (sulfide) groups is 1. The quantitative estimate of drug-likeness (QED) is 0.329. The van der Waals surface area contributed by atoms with Crippen molar-refractivity contribution in [2.75, 3.05) is 6.79 Å². The van der Waals surface area contributed by atoms with Gasteiger partial charge in [-0.1, -0.05) is 41.6 Å². The van der Waals surface area contributed by atoms with Gasteiger partial charge in [-0.2, -0.15) is 0 Å². The number of aromatic amines is 1. The summed E-state index contributed by atoms with van der Waals surface area (Å²) in [5.74, 6) is 2.68. The van der Waals surface area contributed by atoms with Crippen LogP contribution in [0.25, 0.3) is 32.8 Å². The van der Waals surface area contributed by atoms with Crippen molar-refractivity contribution in [2.24, 2.45) is 0 Å². The average Bonchev–Trinajstić information content (AvgIpc) is 3.56. The lowest BCUT2D eigenvalue weighted by molar-refractivity contribution is 0.174. The molecule has 1 N–H and O–H groups in total. The molecule has 5 aromatic rings. The van der Waals surface area contributed by atoms with Gasteiger partial charge in [0.05, 0.1) is 11.1 Å². The van der Waals surface area contributed by atoms with Crippen LogP contribution >= 0.6 is 23.1 Å². The second kappa shape index (κ2) is 8.30. The Labute approximate surface area is 202 Å². The van der Waals surface area contributed by atoms with Crippen molar-refractivity contribution in [3.8, 4) is 34.1 Å². The Kier molecular flexibility index (Phi) is 5.11.